The van der Waals surface area contributed by atoms with Crippen LogP contribution in [0.2, 0.25) is 5.02 Å². The van der Waals surface area contributed by atoms with Gasteiger partial charge in [-0.15, -0.1) is 0 Å². The molecule has 5 nitrogen and oxygen atoms in total. The van der Waals surface area contributed by atoms with E-state index in [0.29, 0.717) is 17.3 Å². The zero-order chi connectivity index (χ0) is 19.5. The van der Waals surface area contributed by atoms with E-state index in [0.717, 1.165) is 21.7 Å². The van der Waals surface area contributed by atoms with E-state index in [1.165, 1.54) is 4.90 Å². The van der Waals surface area contributed by atoms with Crippen molar-refractivity contribution in [3.63, 3.8) is 0 Å². The Kier molecular flexibility index (Phi) is 6.31. The van der Waals surface area contributed by atoms with E-state index in [4.69, 9.17) is 11.6 Å². The van der Waals surface area contributed by atoms with Crippen LogP contribution >= 0.6 is 11.6 Å². The van der Waals surface area contributed by atoms with E-state index in [1.54, 1.807) is 38.2 Å². The van der Waals surface area contributed by atoms with E-state index < -0.39 is 16.1 Å². The van der Waals surface area contributed by atoms with Crippen LogP contribution in [0, 0.1) is 6.92 Å². The van der Waals surface area contributed by atoms with Gasteiger partial charge in [0.05, 0.1) is 11.9 Å². The lowest BCUT2D eigenvalue weighted by Crippen LogP contribution is -2.48. The molecule has 0 aliphatic carbocycles. The maximum absolute atomic E-state index is 12.8. The molecule has 0 aliphatic rings. The molecule has 0 saturated carbocycles. The average molecular weight is 395 g/mol. The summed E-state index contributed by atoms with van der Waals surface area (Å²) in [5.74, 6) is -0.286. The summed E-state index contributed by atoms with van der Waals surface area (Å²) in [5, 5.41) is 0.498. The Morgan fingerprint density at radius 2 is 1.62 bits per heavy atom. The smallest absolute Gasteiger partial charge is 0.246 e. The van der Waals surface area contributed by atoms with E-state index in [2.05, 4.69) is 0 Å². The number of carbonyl (C=O) groups is 1. The first-order chi connectivity index (χ1) is 12.1. The molecule has 2 aromatic rings. The number of rotatable bonds is 6. The molecule has 7 heteroatoms. The summed E-state index contributed by atoms with van der Waals surface area (Å²) in [6, 6.07) is 13.4. The number of sulfonamides is 1. The first kappa shape index (κ1) is 20.3. The SMILES string of the molecule is Cc1ccc(CN(C)C(=O)[C@H](C)N(c2ccc(Cl)cc2)S(C)(=O)=O)cc1. The van der Waals surface area contributed by atoms with Crippen molar-refractivity contribution in [3.8, 4) is 0 Å². The minimum absolute atomic E-state index is 0.286. The van der Waals surface area contributed by atoms with Gasteiger partial charge < -0.3 is 4.90 Å². The molecule has 26 heavy (non-hydrogen) atoms. The molecule has 0 aliphatic heterocycles. The minimum atomic E-state index is -3.64. The molecular weight excluding hydrogens is 372 g/mol. The van der Waals surface area contributed by atoms with Gasteiger partial charge in [0.25, 0.3) is 0 Å². The van der Waals surface area contributed by atoms with Crippen molar-refractivity contribution in [3.05, 3.63) is 64.7 Å². The Hall–Kier alpha value is -2.05. The predicted molar refractivity (Wildman–Crippen MR) is 106 cm³/mol. The quantitative estimate of drug-likeness (QED) is 0.753. The normalized spacial score (nSPS) is 12.5. The van der Waals surface area contributed by atoms with E-state index in [9.17, 15) is 13.2 Å². The minimum Gasteiger partial charge on any atom is -0.340 e. The number of benzene rings is 2. The molecule has 0 unspecified atom stereocenters. The number of hydrogen-bond acceptors (Lipinski definition) is 3. The Morgan fingerprint density at radius 1 is 1.08 bits per heavy atom. The van der Waals surface area contributed by atoms with E-state index >= 15 is 0 Å². The molecule has 1 amide bonds. The van der Waals surface area contributed by atoms with Gasteiger partial charge in [-0.3, -0.25) is 9.10 Å². The zero-order valence-corrected chi connectivity index (χ0v) is 16.9. The maximum Gasteiger partial charge on any atom is 0.246 e. The summed E-state index contributed by atoms with van der Waals surface area (Å²) in [6.45, 7) is 3.99. The lowest BCUT2D eigenvalue weighted by Gasteiger charge is -2.31. The molecule has 0 saturated heterocycles. The standard InChI is InChI=1S/C19H23ClN2O3S/c1-14-5-7-16(8-6-14)13-21(3)19(23)15(2)22(26(4,24)25)18-11-9-17(20)10-12-18/h5-12,15H,13H2,1-4H3/t15-/m0/s1. The van der Waals surface area contributed by atoms with Crippen molar-refractivity contribution in [2.75, 3.05) is 17.6 Å². The second-order valence-electron chi connectivity index (χ2n) is 6.39. The topological polar surface area (TPSA) is 57.7 Å². The fourth-order valence-corrected chi connectivity index (χ4v) is 4.05. The highest BCUT2D eigenvalue weighted by Crippen LogP contribution is 2.24. The zero-order valence-electron chi connectivity index (χ0n) is 15.3. The van der Waals surface area contributed by atoms with Crippen LogP contribution in [-0.4, -0.2) is 38.6 Å². The van der Waals surface area contributed by atoms with Crippen molar-refractivity contribution >= 4 is 33.2 Å². The Bertz CT molecular complexity index is 865. The lowest BCUT2D eigenvalue weighted by atomic mass is 10.1. The van der Waals surface area contributed by atoms with Crippen molar-refractivity contribution < 1.29 is 13.2 Å². The third-order valence-electron chi connectivity index (χ3n) is 4.06. The molecule has 1 atom stereocenters. The lowest BCUT2D eigenvalue weighted by molar-refractivity contribution is -0.131. The highest BCUT2D eigenvalue weighted by Gasteiger charge is 2.30. The molecule has 0 radical (unpaired) electrons. The van der Waals surface area contributed by atoms with Crippen molar-refractivity contribution in [1.82, 2.24) is 4.90 Å². The molecule has 0 aromatic heterocycles. The van der Waals surface area contributed by atoms with Crippen molar-refractivity contribution in [2.24, 2.45) is 0 Å². The number of anilines is 1. The largest absolute Gasteiger partial charge is 0.340 e. The highest BCUT2D eigenvalue weighted by molar-refractivity contribution is 7.92. The number of amides is 1. The van der Waals surface area contributed by atoms with Crippen molar-refractivity contribution in [2.45, 2.75) is 26.4 Å². The highest BCUT2D eigenvalue weighted by atomic mass is 35.5. The summed E-state index contributed by atoms with van der Waals surface area (Å²) in [6.07, 6.45) is 1.09. The Balaban J connectivity index is 2.23. The molecular formula is C19H23ClN2O3S. The van der Waals surface area contributed by atoms with E-state index in [1.807, 2.05) is 31.2 Å². The molecule has 0 fully saturated rings. The number of carbonyl (C=O) groups excluding carboxylic acids is 1. The van der Waals surface area contributed by atoms with Crippen LogP contribution in [-0.2, 0) is 21.4 Å². The number of aryl methyl sites for hydroxylation is 1. The van der Waals surface area contributed by atoms with Gasteiger partial charge in [-0.05, 0) is 43.7 Å². The third-order valence-corrected chi connectivity index (χ3v) is 5.56. The molecule has 0 N–H and O–H groups in total. The Labute approximate surface area is 160 Å². The van der Waals surface area contributed by atoms with Gasteiger partial charge in [-0.25, -0.2) is 8.42 Å². The van der Waals surface area contributed by atoms with Gasteiger partial charge >= 0.3 is 0 Å². The van der Waals surface area contributed by atoms with Gasteiger partial charge in [0.2, 0.25) is 15.9 Å². The first-order valence-electron chi connectivity index (χ1n) is 8.15. The molecule has 2 aromatic carbocycles. The molecule has 0 bridgehead atoms. The van der Waals surface area contributed by atoms with Crippen LogP contribution < -0.4 is 4.31 Å². The summed E-state index contributed by atoms with van der Waals surface area (Å²) >= 11 is 5.88. The molecule has 0 heterocycles. The monoisotopic (exact) mass is 394 g/mol. The molecule has 140 valence electrons. The second kappa shape index (κ2) is 8.10. The average Bonchev–Trinajstić information content (AvgIpc) is 2.57. The number of likely N-dealkylation sites (N-methyl/N-ethyl adjacent to an activating group) is 1. The van der Waals surface area contributed by atoms with Gasteiger partial charge in [0.15, 0.2) is 0 Å². The summed E-state index contributed by atoms with van der Waals surface area (Å²) in [5.41, 5.74) is 2.53. The van der Waals surface area contributed by atoms with Gasteiger partial charge in [-0.2, -0.15) is 0 Å². The molecule has 0 spiro atoms. The van der Waals surface area contributed by atoms with E-state index in [-0.39, 0.29) is 5.91 Å². The van der Waals surface area contributed by atoms with Crippen LogP contribution in [0.3, 0.4) is 0 Å². The van der Waals surface area contributed by atoms with Crippen LogP contribution in [0.4, 0.5) is 5.69 Å². The van der Waals surface area contributed by atoms with Crippen molar-refractivity contribution in [1.29, 1.82) is 0 Å². The first-order valence-corrected chi connectivity index (χ1v) is 10.4. The number of hydrogen-bond donors (Lipinski definition) is 0. The maximum atomic E-state index is 12.8. The van der Waals surface area contributed by atoms with Gasteiger partial charge in [0, 0.05) is 18.6 Å². The fraction of sp³-hybridized carbons (Fsp3) is 0.316. The summed E-state index contributed by atoms with van der Waals surface area (Å²) in [4.78, 5) is 14.4. The van der Waals surface area contributed by atoms with Crippen LogP contribution in [0.1, 0.15) is 18.1 Å². The van der Waals surface area contributed by atoms with Gasteiger partial charge in [-0.1, -0.05) is 41.4 Å². The molecule has 2 rings (SSSR count). The Morgan fingerprint density at radius 3 is 2.12 bits per heavy atom. The van der Waals surface area contributed by atoms with Gasteiger partial charge in [0.1, 0.15) is 6.04 Å². The number of halogens is 1. The second-order valence-corrected chi connectivity index (χ2v) is 8.69. The fourth-order valence-electron chi connectivity index (χ4n) is 2.75. The van der Waals surface area contributed by atoms with Crippen LogP contribution in [0.5, 0.6) is 0 Å². The summed E-state index contributed by atoms with van der Waals surface area (Å²) < 4.78 is 25.7. The summed E-state index contributed by atoms with van der Waals surface area (Å²) in [7, 11) is -1.98. The number of nitrogens with zero attached hydrogens (tertiary/aromatic N) is 2. The predicted octanol–water partition coefficient (Wildman–Crippen LogP) is 3.46. The third kappa shape index (κ3) is 4.99. The van der Waals surface area contributed by atoms with Crippen LogP contribution in [0.25, 0.3) is 0 Å². The van der Waals surface area contributed by atoms with Crippen LogP contribution in [0.15, 0.2) is 48.5 Å².